The maximum atomic E-state index is 5.98. The Morgan fingerprint density at radius 2 is 2.33 bits per heavy atom. The van der Waals surface area contributed by atoms with Crippen molar-refractivity contribution in [1.29, 1.82) is 0 Å². The summed E-state index contributed by atoms with van der Waals surface area (Å²) < 4.78 is 7.15. The molecule has 2 aliphatic rings. The summed E-state index contributed by atoms with van der Waals surface area (Å²) in [5.74, 6) is 0.688. The molecule has 0 aliphatic carbocycles. The summed E-state index contributed by atoms with van der Waals surface area (Å²) in [6, 6.07) is 9.17. The second-order valence-corrected chi connectivity index (χ2v) is 6.42. The molecule has 0 radical (unpaired) electrons. The maximum Gasteiger partial charge on any atom is 0.0623 e. The average Bonchev–Trinajstić information content (AvgIpc) is 2.98. The van der Waals surface area contributed by atoms with Crippen molar-refractivity contribution in [3.63, 3.8) is 0 Å². The Morgan fingerprint density at radius 3 is 2.94 bits per heavy atom. The van der Waals surface area contributed by atoms with Crippen molar-refractivity contribution < 1.29 is 4.74 Å². The molecule has 2 nitrogen and oxygen atoms in total. The summed E-state index contributed by atoms with van der Waals surface area (Å²) >= 11 is 3.54. The summed E-state index contributed by atoms with van der Waals surface area (Å²) in [4.78, 5) is 0. The SMILES string of the molecule is CNC(Cc1cccc(Br)c1)C1CC2CCC1O2. The van der Waals surface area contributed by atoms with Crippen LogP contribution in [-0.4, -0.2) is 25.3 Å². The number of rotatable bonds is 4. The highest BCUT2D eigenvalue weighted by molar-refractivity contribution is 9.10. The van der Waals surface area contributed by atoms with E-state index in [0.29, 0.717) is 24.2 Å². The fourth-order valence-corrected chi connectivity index (χ4v) is 3.93. The van der Waals surface area contributed by atoms with Crippen LogP contribution >= 0.6 is 15.9 Å². The number of halogens is 1. The highest BCUT2D eigenvalue weighted by Crippen LogP contribution is 2.41. The fraction of sp³-hybridized carbons (Fsp3) is 0.600. The van der Waals surface area contributed by atoms with E-state index in [1.54, 1.807) is 0 Å². The third-order valence-corrected chi connectivity index (χ3v) is 4.88. The first-order valence-corrected chi connectivity index (χ1v) is 7.62. The van der Waals surface area contributed by atoms with E-state index in [1.807, 2.05) is 0 Å². The molecular formula is C15H20BrNO. The minimum Gasteiger partial charge on any atom is -0.375 e. The molecule has 3 rings (SSSR count). The molecule has 2 heterocycles. The normalized spacial score (nSPS) is 31.8. The van der Waals surface area contributed by atoms with Gasteiger partial charge in [-0.25, -0.2) is 0 Å². The Kier molecular flexibility index (Phi) is 3.73. The molecule has 0 saturated carbocycles. The molecule has 0 amide bonds. The standard InChI is InChI=1S/C15H20BrNO/c1-17-14(8-10-3-2-4-11(16)7-10)13-9-12-5-6-15(13)18-12/h2-4,7,12-15,17H,5-6,8-9H2,1H3. The van der Waals surface area contributed by atoms with E-state index in [2.05, 4.69) is 52.6 Å². The third kappa shape index (κ3) is 2.49. The first-order valence-electron chi connectivity index (χ1n) is 6.83. The Hall–Kier alpha value is -0.380. The predicted molar refractivity (Wildman–Crippen MR) is 76.7 cm³/mol. The van der Waals surface area contributed by atoms with Gasteiger partial charge in [0.2, 0.25) is 0 Å². The smallest absolute Gasteiger partial charge is 0.0623 e. The van der Waals surface area contributed by atoms with Gasteiger partial charge >= 0.3 is 0 Å². The molecule has 1 aromatic carbocycles. The van der Waals surface area contributed by atoms with Crippen LogP contribution < -0.4 is 5.32 Å². The molecule has 1 aromatic rings. The van der Waals surface area contributed by atoms with E-state index in [1.165, 1.54) is 29.3 Å². The molecule has 2 aliphatic heterocycles. The maximum absolute atomic E-state index is 5.98. The first kappa shape index (κ1) is 12.6. The van der Waals surface area contributed by atoms with E-state index in [9.17, 15) is 0 Å². The second kappa shape index (κ2) is 5.32. The topological polar surface area (TPSA) is 21.3 Å². The van der Waals surface area contributed by atoms with Gasteiger partial charge in [-0.05, 0) is 50.4 Å². The van der Waals surface area contributed by atoms with Gasteiger partial charge in [-0.15, -0.1) is 0 Å². The van der Waals surface area contributed by atoms with Gasteiger partial charge in [0.25, 0.3) is 0 Å². The summed E-state index contributed by atoms with van der Waals surface area (Å²) in [6.45, 7) is 0. The van der Waals surface area contributed by atoms with Crippen molar-refractivity contribution in [3.8, 4) is 0 Å². The quantitative estimate of drug-likeness (QED) is 0.922. The van der Waals surface area contributed by atoms with Crippen molar-refractivity contribution in [2.45, 2.75) is 43.9 Å². The largest absolute Gasteiger partial charge is 0.375 e. The predicted octanol–water partition coefficient (Wildman–Crippen LogP) is 3.15. The number of nitrogens with one attached hydrogen (secondary N) is 1. The molecule has 2 saturated heterocycles. The minimum atomic E-state index is 0.500. The van der Waals surface area contributed by atoms with Crippen molar-refractivity contribution in [2.75, 3.05) is 7.05 Å². The molecular weight excluding hydrogens is 290 g/mol. The van der Waals surface area contributed by atoms with Crippen molar-refractivity contribution in [2.24, 2.45) is 5.92 Å². The number of fused-ring (bicyclic) bond motifs is 2. The molecule has 18 heavy (non-hydrogen) atoms. The van der Waals surface area contributed by atoms with E-state index >= 15 is 0 Å². The summed E-state index contributed by atoms with van der Waals surface area (Å²) in [5.41, 5.74) is 1.39. The van der Waals surface area contributed by atoms with E-state index < -0.39 is 0 Å². The van der Waals surface area contributed by atoms with Gasteiger partial charge in [0.15, 0.2) is 0 Å². The van der Waals surface area contributed by atoms with Gasteiger partial charge < -0.3 is 10.1 Å². The lowest BCUT2D eigenvalue weighted by Gasteiger charge is -2.28. The second-order valence-electron chi connectivity index (χ2n) is 5.50. The zero-order chi connectivity index (χ0) is 12.5. The molecule has 4 atom stereocenters. The molecule has 98 valence electrons. The molecule has 0 spiro atoms. The Labute approximate surface area is 117 Å². The van der Waals surface area contributed by atoms with Crippen LogP contribution in [-0.2, 0) is 11.2 Å². The number of ether oxygens (including phenoxy) is 1. The number of hydrogen-bond donors (Lipinski definition) is 1. The molecule has 2 bridgehead atoms. The van der Waals surface area contributed by atoms with Crippen LogP contribution in [0.3, 0.4) is 0 Å². The van der Waals surface area contributed by atoms with Crippen molar-refractivity contribution in [1.82, 2.24) is 5.32 Å². The molecule has 2 fully saturated rings. The number of hydrogen-bond acceptors (Lipinski definition) is 2. The van der Waals surface area contributed by atoms with Crippen LogP contribution in [0.5, 0.6) is 0 Å². The van der Waals surface area contributed by atoms with Crippen LogP contribution in [0.1, 0.15) is 24.8 Å². The van der Waals surface area contributed by atoms with Gasteiger partial charge in [-0.2, -0.15) is 0 Å². The van der Waals surface area contributed by atoms with Crippen LogP contribution in [0.4, 0.5) is 0 Å². The third-order valence-electron chi connectivity index (χ3n) is 4.39. The monoisotopic (exact) mass is 309 g/mol. The average molecular weight is 310 g/mol. The molecule has 3 heteroatoms. The molecule has 0 aromatic heterocycles. The van der Waals surface area contributed by atoms with Gasteiger partial charge in [-0.1, -0.05) is 28.1 Å². The van der Waals surface area contributed by atoms with E-state index in [0.717, 1.165) is 6.42 Å². The van der Waals surface area contributed by atoms with Crippen LogP contribution in [0, 0.1) is 5.92 Å². The van der Waals surface area contributed by atoms with Gasteiger partial charge in [-0.3, -0.25) is 0 Å². The van der Waals surface area contributed by atoms with Crippen LogP contribution in [0.15, 0.2) is 28.7 Å². The van der Waals surface area contributed by atoms with E-state index in [4.69, 9.17) is 4.74 Å². The lowest BCUT2D eigenvalue weighted by atomic mass is 9.81. The number of benzene rings is 1. The fourth-order valence-electron chi connectivity index (χ4n) is 3.49. The molecule has 4 unspecified atom stereocenters. The zero-order valence-electron chi connectivity index (χ0n) is 10.7. The van der Waals surface area contributed by atoms with Gasteiger partial charge in [0.1, 0.15) is 0 Å². The Bertz CT molecular complexity index is 423. The van der Waals surface area contributed by atoms with Crippen molar-refractivity contribution >= 4 is 15.9 Å². The Morgan fingerprint density at radius 1 is 1.44 bits per heavy atom. The van der Waals surface area contributed by atoms with Gasteiger partial charge in [0, 0.05) is 16.4 Å². The minimum absolute atomic E-state index is 0.500. The Balaban J connectivity index is 1.69. The lowest BCUT2D eigenvalue weighted by molar-refractivity contribution is 0.0863. The zero-order valence-corrected chi connectivity index (χ0v) is 12.3. The number of likely N-dealkylation sites (N-methyl/N-ethyl adjacent to an activating group) is 1. The van der Waals surface area contributed by atoms with Crippen molar-refractivity contribution in [3.05, 3.63) is 34.3 Å². The highest BCUT2D eigenvalue weighted by Gasteiger charge is 2.43. The van der Waals surface area contributed by atoms with E-state index in [-0.39, 0.29) is 0 Å². The van der Waals surface area contributed by atoms with Gasteiger partial charge in [0.05, 0.1) is 12.2 Å². The summed E-state index contributed by atoms with van der Waals surface area (Å²) in [5, 5.41) is 3.50. The molecule has 1 N–H and O–H groups in total. The van der Waals surface area contributed by atoms with Crippen LogP contribution in [0.2, 0.25) is 0 Å². The summed E-state index contributed by atoms with van der Waals surface area (Å²) in [6.07, 6.45) is 5.90. The highest BCUT2D eigenvalue weighted by atomic mass is 79.9. The van der Waals surface area contributed by atoms with Crippen LogP contribution in [0.25, 0.3) is 0 Å². The summed E-state index contributed by atoms with van der Waals surface area (Å²) in [7, 11) is 2.08. The lowest BCUT2D eigenvalue weighted by Crippen LogP contribution is -2.40. The first-order chi connectivity index (χ1) is 8.76.